The molecular formula is C12H22O2. The standard InChI is InChI=1S/C12H22O2/c1-2-9-14-10-12(13)11-7-5-3-4-6-8-11/h7,12-13H,2-6,8-10H2,1H3. The van der Waals surface area contributed by atoms with E-state index in [0.717, 1.165) is 25.9 Å². The van der Waals surface area contributed by atoms with Gasteiger partial charge in [-0.05, 0) is 37.7 Å². The van der Waals surface area contributed by atoms with Gasteiger partial charge in [0.1, 0.15) is 0 Å². The number of hydrogen-bond acceptors (Lipinski definition) is 2. The highest BCUT2D eigenvalue weighted by Crippen LogP contribution is 2.19. The third-order valence-corrected chi connectivity index (χ3v) is 2.63. The van der Waals surface area contributed by atoms with Crippen LogP contribution in [-0.2, 0) is 4.74 Å². The molecule has 0 spiro atoms. The third-order valence-electron chi connectivity index (χ3n) is 2.63. The second-order valence-corrected chi connectivity index (χ2v) is 3.97. The SMILES string of the molecule is CCCOCC(O)C1=CCCCCC1. The van der Waals surface area contributed by atoms with Gasteiger partial charge >= 0.3 is 0 Å². The Morgan fingerprint density at radius 1 is 1.43 bits per heavy atom. The molecule has 0 saturated heterocycles. The molecule has 0 amide bonds. The topological polar surface area (TPSA) is 29.5 Å². The van der Waals surface area contributed by atoms with Crippen molar-refractivity contribution in [3.63, 3.8) is 0 Å². The van der Waals surface area contributed by atoms with Crippen LogP contribution in [0.1, 0.15) is 45.4 Å². The van der Waals surface area contributed by atoms with Crippen LogP contribution in [0.3, 0.4) is 0 Å². The first-order valence-electron chi connectivity index (χ1n) is 5.79. The zero-order chi connectivity index (χ0) is 10.2. The lowest BCUT2D eigenvalue weighted by atomic mass is 10.1. The maximum atomic E-state index is 9.83. The van der Waals surface area contributed by atoms with E-state index >= 15 is 0 Å². The molecule has 0 aromatic heterocycles. The molecular weight excluding hydrogens is 176 g/mol. The van der Waals surface area contributed by atoms with Gasteiger partial charge in [-0.1, -0.05) is 19.4 Å². The van der Waals surface area contributed by atoms with Crippen LogP contribution >= 0.6 is 0 Å². The van der Waals surface area contributed by atoms with Gasteiger partial charge in [0.05, 0.1) is 12.7 Å². The summed E-state index contributed by atoms with van der Waals surface area (Å²) in [6, 6.07) is 0. The molecule has 82 valence electrons. The lowest BCUT2D eigenvalue weighted by molar-refractivity contribution is 0.0531. The van der Waals surface area contributed by atoms with Crippen molar-refractivity contribution in [1.82, 2.24) is 0 Å². The molecule has 1 aliphatic rings. The van der Waals surface area contributed by atoms with Gasteiger partial charge in [-0.3, -0.25) is 0 Å². The second kappa shape index (κ2) is 7.02. The molecule has 2 nitrogen and oxygen atoms in total. The predicted molar refractivity (Wildman–Crippen MR) is 58.3 cm³/mol. The minimum Gasteiger partial charge on any atom is -0.386 e. The van der Waals surface area contributed by atoms with E-state index in [-0.39, 0.29) is 6.10 Å². The summed E-state index contributed by atoms with van der Waals surface area (Å²) >= 11 is 0. The van der Waals surface area contributed by atoms with Gasteiger partial charge in [-0.15, -0.1) is 0 Å². The van der Waals surface area contributed by atoms with Gasteiger partial charge in [0.25, 0.3) is 0 Å². The number of allylic oxidation sites excluding steroid dienone is 1. The smallest absolute Gasteiger partial charge is 0.0983 e. The first-order chi connectivity index (χ1) is 6.84. The molecule has 0 saturated carbocycles. The Balaban J connectivity index is 2.26. The zero-order valence-electron chi connectivity index (χ0n) is 9.17. The average Bonchev–Trinajstić information content (AvgIpc) is 2.46. The Morgan fingerprint density at radius 2 is 2.29 bits per heavy atom. The summed E-state index contributed by atoms with van der Waals surface area (Å²) in [6.45, 7) is 3.31. The van der Waals surface area contributed by atoms with Gasteiger partial charge in [0.15, 0.2) is 0 Å². The summed E-state index contributed by atoms with van der Waals surface area (Å²) in [4.78, 5) is 0. The summed E-state index contributed by atoms with van der Waals surface area (Å²) in [5.41, 5.74) is 1.19. The molecule has 0 aromatic rings. The molecule has 14 heavy (non-hydrogen) atoms. The molecule has 1 rings (SSSR count). The number of aliphatic hydroxyl groups excluding tert-OH is 1. The van der Waals surface area contributed by atoms with Gasteiger partial charge in [0.2, 0.25) is 0 Å². The average molecular weight is 198 g/mol. The van der Waals surface area contributed by atoms with E-state index < -0.39 is 0 Å². The molecule has 0 bridgehead atoms. The quantitative estimate of drug-likeness (QED) is 0.543. The highest BCUT2D eigenvalue weighted by molar-refractivity contribution is 5.09. The van der Waals surface area contributed by atoms with Crippen LogP contribution < -0.4 is 0 Å². The fourth-order valence-corrected chi connectivity index (χ4v) is 1.79. The minimum atomic E-state index is -0.361. The third kappa shape index (κ3) is 4.25. The molecule has 1 atom stereocenters. The van der Waals surface area contributed by atoms with E-state index in [1.165, 1.54) is 24.8 Å². The number of aliphatic hydroxyl groups is 1. The highest BCUT2D eigenvalue weighted by atomic mass is 16.5. The van der Waals surface area contributed by atoms with E-state index in [4.69, 9.17) is 4.74 Å². The van der Waals surface area contributed by atoms with Crippen molar-refractivity contribution in [3.05, 3.63) is 11.6 Å². The van der Waals surface area contributed by atoms with Crippen molar-refractivity contribution < 1.29 is 9.84 Å². The van der Waals surface area contributed by atoms with E-state index in [9.17, 15) is 5.11 Å². The molecule has 2 heteroatoms. The molecule has 1 N–H and O–H groups in total. The molecule has 0 aliphatic heterocycles. The van der Waals surface area contributed by atoms with Crippen molar-refractivity contribution in [1.29, 1.82) is 0 Å². The van der Waals surface area contributed by atoms with Crippen molar-refractivity contribution in [3.8, 4) is 0 Å². The van der Waals surface area contributed by atoms with E-state index in [0.29, 0.717) is 6.61 Å². The van der Waals surface area contributed by atoms with Crippen LogP contribution in [0.25, 0.3) is 0 Å². The van der Waals surface area contributed by atoms with Crippen molar-refractivity contribution in [2.45, 2.75) is 51.6 Å². The summed E-state index contributed by atoms with van der Waals surface area (Å²) in [5.74, 6) is 0. The van der Waals surface area contributed by atoms with E-state index in [2.05, 4.69) is 13.0 Å². The summed E-state index contributed by atoms with van der Waals surface area (Å²) in [6.07, 6.45) is 8.82. The fraction of sp³-hybridized carbons (Fsp3) is 0.833. The lowest BCUT2D eigenvalue weighted by Gasteiger charge is -2.14. The van der Waals surface area contributed by atoms with E-state index in [1.807, 2.05) is 0 Å². The van der Waals surface area contributed by atoms with Gasteiger partial charge in [-0.25, -0.2) is 0 Å². The lowest BCUT2D eigenvalue weighted by Crippen LogP contribution is -2.18. The normalized spacial score (nSPS) is 20.0. The molecule has 1 aliphatic carbocycles. The summed E-state index contributed by atoms with van der Waals surface area (Å²) in [7, 11) is 0. The van der Waals surface area contributed by atoms with Crippen molar-refractivity contribution in [2.75, 3.05) is 13.2 Å². The number of rotatable bonds is 5. The number of hydrogen-bond donors (Lipinski definition) is 1. The Hall–Kier alpha value is -0.340. The first kappa shape index (κ1) is 11.7. The van der Waals surface area contributed by atoms with Crippen molar-refractivity contribution in [2.24, 2.45) is 0 Å². The van der Waals surface area contributed by atoms with Gasteiger partial charge in [0, 0.05) is 6.61 Å². The Labute approximate surface area is 87.0 Å². The molecule has 0 radical (unpaired) electrons. The zero-order valence-corrected chi connectivity index (χ0v) is 9.17. The van der Waals surface area contributed by atoms with Crippen LogP contribution in [-0.4, -0.2) is 24.4 Å². The number of ether oxygens (including phenoxy) is 1. The Bertz CT molecular complexity index is 175. The molecule has 0 fully saturated rings. The predicted octanol–water partition coefficient (Wildman–Crippen LogP) is 2.66. The van der Waals surface area contributed by atoms with Crippen molar-refractivity contribution >= 4 is 0 Å². The van der Waals surface area contributed by atoms with Gasteiger partial charge in [-0.2, -0.15) is 0 Å². The highest BCUT2D eigenvalue weighted by Gasteiger charge is 2.12. The second-order valence-electron chi connectivity index (χ2n) is 3.97. The largest absolute Gasteiger partial charge is 0.386 e. The molecule has 0 heterocycles. The van der Waals surface area contributed by atoms with Gasteiger partial charge < -0.3 is 9.84 Å². The fourth-order valence-electron chi connectivity index (χ4n) is 1.79. The molecule has 0 aromatic carbocycles. The van der Waals surface area contributed by atoms with Crippen LogP contribution in [0.15, 0.2) is 11.6 Å². The first-order valence-corrected chi connectivity index (χ1v) is 5.79. The van der Waals surface area contributed by atoms with Crippen LogP contribution in [0.4, 0.5) is 0 Å². The molecule has 1 unspecified atom stereocenters. The Morgan fingerprint density at radius 3 is 3.07 bits per heavy atom. The minimum absolute atomic E-state index is 0.361. The van der Waals surface area contributed by atoms with Crippen LogP contribution in [0.2, 0.25) is 0 Å². The Kier molecular flexibility index (Phi) is 5.88. The monoisotopic (exact) mass is 198 g/mol. The summed E-state index contributed by atoms with van der Waals surface area (Å²) in [5, 5.41) is 9.83. The van der Waals surface area contributed by atoms with Crippen LogP contribution in [0, 0.1) is 0 Å². The summed E-state index contributed by atoms with van der Waals surface area (Å²) < 4.78 is 5.35. The van der Waals surface area contributed by atoms with Crippen LogP contribution in [0.5, 0.6) is 0 Å². The maximum absolute atomic E-state index is 9.83. The van der Waals surface area contributed by atoms with E-state index in [1.54, 1.807) is 0 Å². The maximum Gasteiger partial charge on any atom is 0.0983 e.